The number of hydrazone groups is 1. The van der Waals surface area contributed by atoms with Crippen molar-refractivity contribution in [3.8, 4) is 5.75 Å². The fraction of sp³-hybridized carbons (Fsp3) is 0.250. The molecule has 1 atom stereocenters. The molecule has 0 radical (unpaired) electrons. The second kappa shape index (κ2) is 10.9. The van der Waals surface area contributed by atoms with Crippen molar-refractivity contribution in [1.29, 1.82) is 0 Å². The number of carbonyl (C=O) groups excluding carboxylic acids is 2. The first kappa shape index (κ1) is 25.9. The van der Waals surface area contributed by atoms with Crippen LogP contribution in [0.5, 0.6) is 5.75 Å². The first-order valence-electron chi connectivity index (χ1n) is 12.0. The number of benzene rings is 2. The SMILES string of the molecule is COC(=O)c1sc2nc(C)nc(SCC(=O)N3N=C(c4ccccc4)C[C@H]3c3ccc(OC)cc3)c2c1C. The number of nitrogens with zero attached hydrogens (tertiary/aromatic N) is 4. The van der Waals surface area contributed by atoms with E-state index in [0.29, 0.717) is 27.0 Å². The van der Waals surface area contributed by atoms with E-state index in [1.807, 2.05) is 61.5 Å². The maximum atomic E-state index is 13.6. The van der Waals surface area contributed by atoms with Gasteiger partial charge >= 0.3 is 5.97 Å². The van der Waals surface area contributed by atoms with Crippen LogP contribution in [-0.4, -0.2) is 52.5 Å². The number of hydrogen-bond donors (Lipinski definition) is 0. The lowest BCUT2D eigenvalue weighted by Gasteiger charge is -2.22. The van der Waals surface area contributed by atoms with Gasteiger partial charge in [0.2, 0.25) is 0 Å². The van der Waals surface area contributed by atoms with E-state index in [1.165, 1.54) is 30.2 Å². The van der Waals surface area contributed by atoms with Crippen molar-refractivity contribution in [2.45, 2.75) is 31.3 Å². The summed E-state index contributed by atoms with van der Waals surface area (Å²) in [4.78, 5) is 36.2. The van der Waals surface area contributed by atoms with Crippen LogP contribution in [-0.2, 0) is 9.53 Å². The van der Waals surface area contributed by atoms with Gasteiger partial charge in [-0.15, -0.1) is 11.3 Å². The molecule has 8 nitrogen and oxygen atoms in total. The third-order valence-electron chi connectivity index (χ3n) is 6.35. The van der Waals surface area contributed by atoms with Crippen molar-refractivity contribution in [3.05, 3.63) is 82.0 Å². The van der Waals surface area contributed by atoms with Gasteiger partial charge in [0.25, 0.3) is 5.91 Å². The molecule has 2 aromatic carbocycles. The Balaban J connectivity index is 1.44. The maximum Gasteiger partial charge on any atom is 0.348 e. The molecule has 0 spiro atoms. The fourth-order valence-electron chi connectivity index (χ4n) is 4.42. The van der Waals surface area contributed by atoms with Crippen molar-refractivity contribution in [2.75, 3.05) is 20.0 Å². The van der Waals surface area contributed by atoms with Crippen LogP contribution in [0.25, 0.3) is 10.2 Å². The Morgan fingerprint density at radius 2 is 1.79 bits per heavy atom. The van der Waals surface area contributed by atoms with E-state index in [-0.39, 0.29) is 17.7 Å². The number of methoxy groups -OCH3 is 2. The molecule has 3 heterocycles. The van der Waals surface area contributed by atoms with E-state index in [1.54, 1.807) is 19.0 Å². The lowest BCUT2D eigenvalue weighted by molar-refractivity contribution is -0.130. The van der Waals surface area contributed by atoms with Gasteiger partial charge in [-0.05, 0) is 42.7 Å². The molecule has 4 aromatic rings. The molecule has 2 aromatic heterocycles. The van der Waals surface area contributed by atoms with Gasteiger partial charge in [-0.1, -0.05) is 54.2 Å². The molecule has 1 aliphatic rings. The topological polar surface area (TPSA) is 94.0 Å². The molecule has 38 heavy (non-hydrogen) atoms. The summed E-state index contributed by atoms with van der Waals surface area (Å²) in [6.45, 7) is 3.65. The fourth-order valence-corrected chi connectivity index (χ4v) is 6.62. The third kappa shape index (κ3) is 5.01. The number of ether oxygens (including phenoxy) is 2. The van der Waals surface area contributed by atoms with E-state index in [9.17, 15) is 9.59 Å². The zero-order valence-electron chi connectivity index (χ0n) is 21.4. The number of fused-ring (bicyclic) bond motifs is 1. The van der Waals surface area contributed by atoms with Gasteiger partial charge in [0.15, 0.2) is 0 Å². The lowest BCUT2D eigenvalue weighted by Crippen LogP contribution is -2.28. The van der Waals surface area contributed by atoms with Crippen LogP contribution in [0.3, 0.4) is 0 Å². The van der Waals surface area contributed by atoms with Crippen LogP contribution in [0, 0.1) is 13.8 Å². The number of thiophene rings is 1. The molecular formula is C28H26N4O4S2. The largest absolute Gasteiger partial charge is 0.497 e. The minimum atomic E-state index is -0.405. The van der Waals surface area contributed by atoms with Crippen LogP contribution < -0.4 is 4.74 Å². The van der Waals surface area contributed by atoms with Crippen molar-refractivity contribution in [3.63, 3.8) is 0 Å². The van der Waals surface area contributed by atoms with Gasteiger partial charge in [0, 0.05) is 11.8 Å². The number of amides is 1. The van der Waals surface area contributed by atoms with Crippen LogP contribution in [0.2, 0.25) is 0 Å². The summed E-state index contributed by atoms with van der Waals surface area (Å²) >= 11 is 2.61. The Kier molecular flexibility index (Phi) is 7.44. The number of rotatable bonds is 7. The highest BCUT2D eigenvalue weighted by molar-refractivity contribution is 8.00. The smallest absolute Gasteiger partial charge is 0.348 e. The number of esters is 1. The highest BCUT2D eigenvalue weighted by atomic mass is 32.2. The summed E-state index contributed by atoms with van der Waals surface area (Å²) < 4.78 is 10.2. The van der Waals surface area contributed by atoms with Crippen LogP contribution in [0.4, 0.5) is 0 Å². The predicted octanol–water partition coefficient (Wildman–Crippen LogP) is 5.57. The zero-order valence-corrected chi connectivity index (χ0v) is 23.1. The number of aromatic nitrogens is 2. The highest BCUT2D eigenvalue weighted by Gasteiger charge is 2.33. The number of aryl methyl sites for hydroxylation is 2. The minimum absolute atomic E-state index is 0.132. The first-order valence-corrected chi connectivity index (χ1v) is 13.8. The Hall–Kier alpha value is -3.76. The molecular weight excluding hydrogens is 520 g/mol. The van der Waals surface area contributed by atoms with Gasteiger partial charge in [-0.2, -0.15) is 5.10 Å². The van der Waals surface area contributed by atoms with Crippen molar-refractivity contribution in [1.82, 2.24) is 15.0 Å². The quantitative estimate of drug-likeness (QED) is 0.170. The maximum absolute atomic E-state index is 13.6. The van der Waals surface area contributed by atoms with Crippen LogP contribution in [0.15, 0.2) is 64.7 Å². The standard InChI is InChI=1S/C28H26N4O4S2/c1-16-24-26(29-17(2)30-27(24)38-25(16)28(34)36-4)37-15-23(33)32-22(19-10-12-20(35-3)13-11-19)14-21(31-32)18-8-6-5-7-9-18/h5-13,22H,14-15H2,1-4H3/t22-/m0/s1. The van der Waals surface area contributed by atoms with Gasteiger partial charge in [-0.25, -0.2) is 19.8 Å². The third-order valence-corrected chi connectivity index (χ3v) is 8.47. The molecule has 1 amide bonds. The van der Waals surface area contributed by atoms with E-state index < -0.39 is 5.97 Å². The molecule has 5 rings (SSSR count). The van der Waals surface area contributed by atoms with Gasteiger partial charge in [0.05, 0.1) is 31.7 Å². The lowest BCUT2D eigenvalue weighted by atomic mass is 9.98. The first-order chi connectivity index (χ1) is 18.4. The summed E-state index contributed by atoms with van der Waals surface area (Å²) in [5, 5.41) is 7.80. The Morgan fingerprint density at radius 1 is 1.05 bits per heavy atom. The van der Waals surface area contributed by atoms with Crippen molar-refractivity contribution >= 4 is 50.9 Å². The highest BCUT2D eigenvalue weighted by Crippen LogP contribution is 2.38. The second-order valence-electron chi connectivity index (χ2n) is 8.74. The molecule has 10 heteroatoms. The van der Waals surface area contributed by atoms with Crippen molar-refractivity contribution in [2.24, 2.45) is 5.10 Å². The Bertz CT molecular complexity index is 1530. The summed E-state index contributed by atoms with van der Waals surface area (Å²) in [5.74, 6) is 0.924. The number of carbonyl (C=O) groups is 2. The Morgan fingerprint density at radius 3 is 2.47 bits per heavy atom. The number of hydrogen-bond acceptors (Lipinski definition) is 9. The summed E-state index contributed by atoms with van der Waals surface area (Å²) in [6, 6.07) is 17.4. The molecule has 0 N–H and O–H groups in total. The zero-order chi connectivity index (χ0) is 26.8. The summed E-state index contributed by atoms with van der Waals surface area (Å²) in [7, 11) is 2.99. The van der Waals surface area contributed by atoms with Crippen LogP contribution in [0.1, 0.15) is 44.6 Å². The minimum Gasteiger partial charge on any atom is -0.497 e. The van der Waals surface area contributed by atoms with Gasteiger partial charge in [-0.3, -0.25) is 4.79 Å². The molecule has 0 bridgehead atoms. The molecule has 0 unspecified atom stereocenters. The normalized spacial score (nSPS) is 15.0. The average molecular weight is 547 g/mol. The van der Waals surface area contributed by atoms with Crippen molar-refractivity contribution < 1.29 is 19.1 Å². The van der Waals surface area contributed by atoms with Gasteiger partial charge in [0.1, 0.15) is 26.3 Å². The van der Waals surface area contributed by atoms with E-state index >= 15 is 0 Å². The summed E-state index contributed by atoms with van der Waals surface area (Å²) in [5.41, 5.74) is 3.59. The Labute approximate surface area is 228 Å². The van der Waals surface area contributed by atoms with Gasteiger partial charge < -0.3 is 9.47 Å². The second-order valence-corrected chi connectivity index (χ2v) is 10.7. The molecule has 194 valence electrons. The molecule has 0 fully saturated rings. The number of thioether (sulfide) groups is 1. The molecule has 0 aliphatic carbocycles. The van der Waals surface area contributed by atoms with E-state index in [4.69, 9.17) is 14.6 Å². The molecule has 0 saturated carbocycles. The monoisotopic (exact) mass is 546 g/mol. The average Bonchev–Trinajstić information content (AvgIpc) is 3.53. The molecule has 1 aliphatic heterocycles. The van der Waals surface area contributed by atoms with E-state index in [2.05, 4.69) is 9.97 Å². The predicted molar refractivity (Wildman–Crippen MR) is 149 cm³/mol. The van der Waals surface area contributed by atoms with Crippen LogP contribution >= 0.6 is 23.1 Å². The summed E-state index contributed by atoms with van der Waals surface area (Å²) in [6.07, 6.45) is 0.607. The molecule has 0 saturated heterocycles. The van der Waals surface area contributed by atoms with E-state index in [0.717, 1.165) is 33.5 Å².